The topological polar surface area (TPSA) is 45.0 Å². The fraction of sp³-hybridized carbons (Fsp3) is 0.875. The molecule has 0 amide bonds. The van der Waals surface area contributed by atoms with Crippen molar-refractivity contribution >= 4 is 12.4 Å². The Morgan fingerprint density at radius 1 is 1.67 bits per heavy atom. The first-order valence-corrected chi connectivity index (χ1v) is 3.97. The molecule has 1 N–H and O–H groups in total. The minimum atomic E-state index is 0. The summed E-state index contributed by atoms with van der Waals surface area (Å²) in [5, 5.41) is 11.5. The Bertz CT molecular complexity index is 154. The minimum absolute atomic E-state index is 0. The van der Waals surface area contributed by atoms with Crippen LogP contribution in [0, 0.1) is 17.2 Å². The van der Waals surface area contributed by atoms with E-state index in [-0.39, 0.29) is 12.4 Å². The predicted molar refractivity (Wildman–Crippen MR) is 49.3 cm³/mol. The lowest BCUT2D eigenvalue weighted by Gasteiger charge is -2.14. The smallest absolute Gasteiger partial charge is 0.0843 e. The molecule has 1 unspecified atom stereocenters. The molecule has 1 rings (SSSR count). The molecule has 1 aliphatic rings. The van der Waals surface area contributed by atoms with Gasteiger partial charge in [-0.1, -0.05) is 0 Å². The van der Waals surface area contributed by atoms with Gasteiger partial charge in [-0.2, -0.15) is 5.26 Å². The summed E-state index contributed by atoms with van der Waals surface area (Å²) in [6.07, 6.45) is 2.57. The minimum Gasteiger partial charge on any atom is -0.383 e. The lowest BCUT2D eigenvalue weighted by Crippen LogP contribution is -2.35. The summed E-state index contributed by atoms with van der Waals surface area (Å²) < 4.78 is 5.03. The van der Waals surface area contributed by atoms with Crippen molar-refractivity contribution in [1.82, 2.24) is 5.32 Å². The van der Waals surface area contributed by atoms with Crippen LogP contribution in [-0.4, -0.2) is 26.3 Å². The van der Waals surface area contributed by atoms with Crippen LogP contribution in [0.15, 0.2) is 0 Å². The van der Waals surface area contributed by atoms with Crippen molar-refractivity contribution in [3.05, 3.63) is 0 Å². The zero-order valence-corrected chi connectivity index (χ0v) is 8.06. The molecule has 1 atom stereocenters. The Hall–Kier alpha value is -0.300. The van der Waals surface area contributed by atoms with E-state index < -0.39 is 0 Å². The molecular weight excluding hydrogens is 176 g/mol. The van der Waals surface area contributed by atoms with E-state index in [0.717, 1.165) is 12.5 Å². The molecule has 0 aromatic heterocycles. The third-order valence-electron chi connectivity index (χ3n) is 1.98. The van der Waals surface area contributed by atoms with Crippen LogP contribution < -0.4 is 5.32 Å². The van der Waals surface area contributed by atoms with Gasteiger partial charge in [0.15, 0.2) is 0 Å². The zero-order chi connectivity index (χ0) is 8.10. The molecule has 0 radical (unpaired) electrons. The van der Waals surface area contributed by atoms with Gasteiger partial charge in [-0.3, -0.25) is 5.32 Å². The normalized spacial score (nSPS) is 17.7. The van der Waals surface area contributed by atoms with Crippen LogP contribution in [-0.2, 0) is 4.74 Å². The van der Waals surface area contributed by atoms with E-state index >= 15 is 0 Å². The average molecular weight is 191 g/mol. The monoisotopic (exact) mass is 190 g/mol. The highest BCUT2D eigenvalue weighted by Gasteiger charge is 2.30. The maximum Gasteiger partial charge on any atom is 0.0843 e. The summed E-state index contributed by atoms with van der Waals surface area (Å²) in [5.74, 6) is 0.753. The molecule has 12 heavy (non-hydrogen) atoms. The van der Waals surface area contributed by atoms with E-state index in [1.807, 2.05) is 0 Å². The van der Waals surface area contributed by atoms with Crippen molar-refractivity contribution in [3.8, 4) is 6.07 Å². The third-order valence-corrected chi connectivity index (χ3v) is 1.98. The summed E-state index contributed by atoms with van der Waals surface area (Å²) in [6, 6.07) is 2.48. The number of methoxy groups -OCH3 is 1. The fourth-order valence-electron chi connectivity index (χ4n) is 1.22. The van der Waals surface area contributed by atoms with E-state index in [2.05, 4.69) is 11.4 Å². The van der Waals surface area contributed by atoms with Gasteiger partial charge in [-0.05, 0) is 18.8 Å². The molecule has 1 fully saturated rings. The molecule has 0 heterocycles. The van der Waals surface area contributed by atoms with Crippen LogP contribution in [0.4, 0.5) is 0 Å². The first-order valence-electron chi connectivity index (χ1n) is 3.97. The first-order chi connectivity index (χ1) is 5.38. The second-order valence-electron chi connectivity index (χ2n) is 2.94. The lowest BCUT2D eigenvalue weighted by atomic mass is 10.2. The Kier molecular flexibility index (Phi) is 6.09. The zero-order valence-electron chi connectivity index (χ0n) is 7.25. The lowest BCUT2D eigenvalue weighted by molar-refractivity contribution is 0.159. The second kappa shape index (κ2) is 6.24. The maximum absolute atomic E-state index is 8.33. The molecular formula is C8H15ClN2O. The summed E-state index contributed by atoms with van der Waals surface area (Å²) in [6.45, 7) is 1.16. The Morgan fingerprint density at radius 2 is 2.33 bits per heavy atom. The van der Waals surface area contributed by atoms with Crippen molar-refractivity contribution in [2.45, 2.75) is 18.9 Å². The van der Waals surface area contributed by atoms with Crippen molar-refractivity contribution in [1.29, 1.82) is 5.26 Å². The van der Waals surface area contributed by atoms with Crippen LogP contribution in [0.2, 0.25) is 0 Å². The largest absolute Gasteiger partial charge is 0.383 e. The quantitative estimate of drug-likeness (QED) is 0.657. The number of nitrogens with one attached hydrogen (secondary N) is 1. The molecule has 0 bridgehead atoms. The summed E-state index contributed by atoms with van der Waals surface area (Å²) >= 11 is 0. The summed E-state index contributed by atoms with van der Waals surface area (Å²) in [4.78, 5) is 0. The summed E-state index contributed by atoms with van der Waals surface area (Å²) in [7, 11) is 1.70. The second-order valence-corrected chi connectivity index (χ2v) is 2.94. The van der Waals surface area contributed by atoms with Gasteiger partial charge in [0.1, 0.15) is 0 Å². The van der Waals surface area contributed by atoms with Crippen LogP contribution in [0.25, 0.3) is 0 Å². The number of hydrogen-bond donors (Lipinski definition) is 1. The molecule has 0 aromatic carbocycles. The van der Waals surface area contributed by atoms with Gasteiger partial charge in [0.2, 0.25) is 0 Å². The van der Waals surface area contributed by atoms with Gasteiger partial charge in [-0.25, -0.2) is 0 Å². The highest BCUT2D eigenvalue weighted by molar-refractivity contribution is 5.85. The van der Waals surface area contributed by atoms with Gasteiger partial charge in [0.05, 0.1) is 19.2 Å². The van der Waals surface area contributed by atoms with E-state index in [4.69, 9.17) is 10.00 Å². The van der Waals surface area contributed by atoms with Crippen LogP contribution >= 0.6 is 12.4 Å². The number of nitriles is 1. The first kappa shape index (κ1) is 11.7. The standard InChI is InChI=1S/C8H14N2O.ClH/c1-11-6-8(7-2-3-7)10-5-4-9;/h7-8,10H,2-3,5-6H2,1H3;1H. The van der Waals surface area contributed by atoms with Gasteiger partial charge < -0.3 is 4.74 Å². The van der Waals surface area contributed by atoms with Gasteiger partial charge >= 0.3 is 0 Å². The molecule has 3 nitrogen and oxygen atoms in total. The summed E-state index contributed by atoms with van der Waals surface area (Å²) in [5.41, 5.74) is 0. The van der Waals surface area contributed by atoms with E-state index in [1.54, 1.807) is 7.11 Å². The fourth-order valence-corrected chi connectivity index (χ4v) is 1.22. The van der Waals surface area contributed by atoms with Crippen molar-refractivity contribution in [3.63, 3.8) is 0 Å². The van der Waals surface area contributed by atoms with Crippen LogP contribution in [0.1, 0.15) is 12.8 Å². The van der Waals surface area contributed by atoms with Crippen molar-refractivity contribution in [2.24, 2.45) is 5.92 Å². The highest BCUT2D eigenvalue weighted by atomic mass is 35.5. The van der Waals surface area contributed by atoms with E-state index in [1.165, 1.54) is 12.8 Å². The Balaban J connectivity index is 0.00000121. The molecule has 70 valence electrons. The molecule has 0 aromatic rings. The maximum atomic E-state index is 8.33. The van der Waals surface area contributed by atoms with Gasteiger partial charge in [-0.15, -0.1) is 12.4 Å². The van der Waals surface area contributed by atoms with Crippen molar-refractivity contribution < 1.29 is 4.74 Å². The third kappa shape index (κ3) is 3.91. The molecule has 0 saturated heterocycles. The molecule has 0 aliphatic heterocycles. The van der Waals surface area contributed by atoms with E-state index in [9.17, 15) is 0 Å². The number of hydrogen-bond acceptors (Lipinski definition) is 3. The Morgan fingerprint density at radius 3 is 2.75 bits per heavy atom. The molecule has 1 aliphatic carbocycles. The number of ether oxygens (including phenoxy) is 1. The Labute approximate surface area is 79.5 Å². The number of halogens is 1. The highest BCUT2D eigenvalue weighted by Crippen LogP contribution is 2.32. The molecule has 1 saturated carbocycles. The van der Waals surface area contributed by atoms with Gasteiger partial charge in [0.25, 0.3) is 0 Å². The number of nitrogens with zero attached hydrogens (tertiary/aromatic N) is 1. The average Bonchev–Trinajstić information content (AvgIpc) is 2.80. The van der Waals surface area contributed by atoms with Crippen LogP contribution in [0.3, 0.4) is 0 Å². The van der Waals surface area contributed by atoms with Crippen molar-refractivity contribution in [2.75, 3.05) is 20.3 Å². The predicted octanol–water partition coefficient (Wildman–Crippen LogP) is 0.946. The van der Waals surface area contributed by atoms with Crippen LogP contribution in [0.5, 0.6) is 0 Å². The molecule has 0 spiro atoms. The number of rotatable bonds is 5. The van der Waals surface area contributed by atoms with E-state index in [0.29, 0.717) is 12.6 Å². The van der Waals surface area contributed by atoms with Gasteiger partial charge in [0, 0.05) is 13.2 Å². The molecule has 4 heteroatoms. The SMILES string of the molecule is COCC(NCC#N)C1CC1.Cl.